The molecule has 2 aromatic carbocycles. The van der Waals surface area contributed by atoms with Gasteiger partial charge in [0.25, 0.3) is 0 Å². The van der Waals surface area contributed by atoms with Crippen LogP contribution >= 0.6 is 0 Å². The lowest BCUT2D eigenvalue weighted by atomic mass is 10.1. The number of carbonyl (C=O) groups excluding carboxylic acids is 1. The van der Waals surface area contributed by atoms with Crippen LogP contribution in [0.4, 0.5) is 0 Å². The summed E-state index contributed by atoms with van der Waals surface area (Å²) >= 11 is 0. The third-order valence-corrected chi connectivity index (χ3v) is 6.91. The van der Waals surface area contributed by atoms with E-state index in [-0.39, 0.29) is 11.7 Å². The van der Waals surface area contributed by atoms with Gasteiger partial charge in [-0.15, -0.1) is 0 Å². The lowest BCUT2D eigenvalue weighted by Crippen LogP contribution is -2.48. The molecule has 0 spiro atoms. The van der Waals surface area contributed by atoms with Gasteiger partial charge in [-0.2, -0.15) is 0 Å². The third kappa shape index (κ3) is 6.39. The summed E-state index contributed by atoms with van der Waals surface area (Å²) in [6, 6.07) is 16.6. The maximum Gasteiger partial charge on any atom is 0.240 e. The Kier molecular flexibility index (Phi) is 7.64. The van der Waals surface area contributed by atoms with Gasteiger partial charge in [0, 0.05) is 32.7 Å². The molecule has 162 valence electrons. The molecule has 0 aromatic heterocycles. The second kappa shape index (κ2) is 10.2. The maximum absolute atomic E-state index is 12.9. The molecule has 1 amide bonds. The molecule has 1 aliphatic rings. The van der Waals surface area contributed by atoms with Crippen molar-refractivity contribution in [3.63, 3.8) is 0 Å². The summed E-state index contributed by atoms with van der Waals surface area (Å²) in [6.45, 7) is 7.57. The Hall–Kier alpha value is -2.22. The fraction of sp³-hybridized carbons (Fsp3) is 0.435. The number of carbonyl (C=O) groups is 1. The predicted molar refractivity (Wildman–Crippen MR) is 119 cm³/mol. The van der Waals surface area contributed by atoms with Gasteiger partial charge >= 0.3 is 0 Å². The number of rotatable bonds is 7. The van der Waals surface area contributed by atoms with E-state index in [1.807, 2.05) is 12.1 Å². The maximum atomic E-state index is 12.9. The van der Waals surface area contributed by atoms with Crippen LogP contribution in [0.25, 0.3) is 0 Å². The molecule has 0 radical (unpaired) electrons. The Morgan fingerprint density at radius 2 is 1.70 bits per heavy atom. The van der Waals surface area contributed by atoms with Crippen molar-refractivity contribution in [2.24, 2.45) is 0 Å². The van der Waals surface area contributed by atoms with E-state index in [9.17, 15) is 13.2 Å². The van der Waals surface area contributed by atoms with E-state index in [1.165, 1.54) is 11.1 Å². The molecule has 1 saturated heterocycles. The molecule has 0 bridgehead atoms. The highest BCUT2D eigenvalue weighted by molar-refractivity contribution is 7.88. The molecule has 3 rings (SSSR count). The SMILES string of the molecule is Cc1ccccc1CN1CCCN(C(=O)[C@@H](C)NS(=O)(=O)Cc2ccccc2)CC1. The quantitative estimate of drug-likeness (QED) is 0.734. The minimum atomic E-state index is -3.59. The smallest absolute Gasteiger partial charge is 0.240 e. The molecule has 7 heteroatoms. The summed E-state index contributed by atoms with van der Waals surface area (Å²) in [7, 11) is -3.59. The molecular formula is C23H31N3O3S. The second-order valence-electron chi connectivity index (χ2n) is 7.97. The van der Waals surface area contributed by atoms with Crippen LogP contribution in [0.5, 0.6) is 0 Å². The highest BCUT2D eigenvalue weighted by atomic mass is 32.2. The lowest BCUT2D eigenvalue weighted by Gasteiger charge is -2.25. The highest BCUT2D eigenvalue weighted by Crippen LogP contribution is 2.13. The molecular weight excluding hydrogens is 398 g/mol. The van der Waals surface area contributed by atoms with Gasteiger partial charge in [0.15, 0.2) is 0 Å². The van der Waals surface area contributed by atoms with Crippen LogP contribution < -0.4 is 4.72 Å². The van der Waals surface area contributed by atoms with Crippen LogP contribution in [-0.4, -0.2) is 56.3 Å². The zero-order chi connectivity index (χ0) is 21.6. The van der Waals surface area contributed by atoms with Crippen molar-refractivity contribution in [1.82, 2.24) is 14.5 Å². The van der Waals surface area contributed by atoms with E-state index in [0.29, 0.717) is 18.7 Å². The average Bonchev–Trinajstić information content (AvgIpc) is 2.95. The molecule has 1 fully saturated rings. The first-order valence-electron chi connectivity index (χ1n) is 10.4. The lowest BCUT2D eigenvalue weighted by molar-refractivity contribution is -0.132. The van der Waals surface area contributed by atoms with Crippen LogP contribution in [0.2, 0.25) is 0 Å². The van der Waals surface area contributed by atoms with Crippen LogP contribution in [0.1, 0.15) is 30.0 Å². The summed E-state index contributed by atoms with van der Waals surface area (Å²) < 4.78 is 27.5. The molecule has 6 nitrogen and oxygen atoms in total. The number of nitrogens with one attached hydrogen (secondary N) is 1. The van der Waals surface area contributed by atoms with Crippen LogP contribution in [-0.2, 0) is 27.1 Å². The number of benzene rings is 2. The third-order valence-electron chi connectivity index (χ3n) is 5.48. The van der Waals surface area contributed by atoms with Gasteiger partial charge in [0.2, 0.25) is 15.9 Å². The Bertz CT molecular complexity index is 947. The minimum absolute atomic E-state index is 0.129. The molecule has 0 aliphatic carbocycles. The second-order valence-corrected chi connectivity index (χ2v) is 9.72. The number of sulfonamides is 1. The first kappa shape index (κ1) is 22.5. The summed E-state index contributed by atoms with van der Waals surface area (Å²) in [5, 5.41) is 0. The number of hydrogen-bond donors (Lipinski definition) is 1. The Morgan fingerprint density at radius 3 is 2.43 bits per heavy atom. The van der Waals surface area contributed by atoms with E-state index in [0.717, 1.165) is 26.1 Å². The van der Waals surface area contributed by atoms with Gasteiger partial charge < -0.3 is 4.90 Å². The van der Waals surface area contributed by atoms with Crippen molar-refractivity contribution < 1.29 is 13.2 Å². The van der Waals surface area contributed by atoms with Gasteiger partial charge in [-0.1, -0.05) is 54.6 Å². The largest absolute Gasteiger partial charge is 0.340 e. The molecule has 1 N–H and O–H groups in total. The Labute approximate surface area is 179 Å². The molecule has 1 aliphatic heterocycles. The van der Waals surface area contributed by atoms with Crippen molar-refractivity contribution in [3.8, 4) is 0 Å². The molecule has 0 saturated carbocycles. The number of aryl methyl sites for hydroxylation is 1. The van der Waals surface area contributed by atoms with Crippen LogP contribution in [0, 0.1) is 6.92 Å². The summed E-state index contributed by atoms with van der Waals surface area (Å²) in [5.41, 5.74) is 3.28. The van der Waals surface area contributed by atoms with E-state index >= 15 is 0 Å². The topological polar surface area (TPSA) is 69.7 Å². The number of hydrogen-bond acceptors (Lipinski definition) is 4. The van der Waals surface area contributed by atoms with Crippen molar-refractivity contribution in [2.75, 3.05) is 26.2 Å². The summed E-state index contributed by atoms with van der Waals surface area (Å²) in [4.78, 5) is 17.0. The first-order chi connectivity index (χ1) is 14.3. The van der Waals surface area contributed by atoms with E-state index in [4.69, 9.17) is 0 Å². The van der Waals surface area contributed by atoms with E-state index < -0.39 is 16.1 Å². The average molecular weight is 430 g/mol. The first-order valence-corrected chi connectivity index (χ1v) is 12.1. The highest BCUT2D eigenvalue weighted by Gasteiger charge is 2.26. The molecule has 1 heterocycles. The molecule has 1 atom stereocenters. The summed E-state index contributed by atoms with van der Waals surface area (Å²) in [6.07, 6.45) is 0.876. The van der Waals surface area contributed by atoms with Gasteiger partial charge in [-0.25, -0.2) is 13.1 Å². The Morgan fingerprint density at radius 1 is 1.00 bits per heavy atom. The molecule has 0 unspecified atom stereocenters. The van der Waals surface area contributed by atoms with Gasteiger partial charge in [0.1, 0.15) is 0 Å². The predicted octanol–water partition coefficient (Wildman–Crippen LogP) is 2.54. The number of amides is 1. The normalized spacial score (nSPS) is 16.8. The van der Waals surface area contributed by atoms with E-state index in [2.05, 4.69) is 34.7 Å². The van der Waals surface area contributed by atoms with Gasteiger partial charge in [0.05, 0.1) is 11.8 Å². The molecule has 2 aromatic rings. The van der Waals surface area contributed by atoms with Gasteiger partial charge in [-0.05, 0) is 37.0 Å². The zero-order valence-corrected chi connectivity index (χ0v) is 18.6. The number of nitrogens with zero attached hydrogens (tertiary/aromatic N) is 2. The zero-order valence-electron chi connectivity index (χ0n) is 17.8. The fourth-order valence-corrected chi connectivity index (χ4v) is 5.16. The van der Waals surface area contributed by atoms with E-state index in [1.54, 1.807) is 36.1 Å². The van der Waals surface area contributed by atoms with Crippen molar-refractivity contribution in [2.45, 2.75) is 38.6 Å². The molecule has 30 heavy (non-hydrogen) atoms. The fourth-order valence-electron chi connectivity index (χ4n) is 3.81. The standard InChI is InChI=1S/C23H31N3O3S/c1-19-9-6-7-12-22(19)17-25-13-8-14-26(16-15-25)23(27)20(2)24-30(28,29)18-21-10-4-3-5-11-21/h3-7,9-12,20,24H,8,13-18H2,1-2H3/t20-/m1/s1. The van der Waals surface area contributed by atoms with Crippen molar-refractivity contribution in [1.29, 1.82) is 0 Å². The van der Waals surface area contributed by atoms with Crippen LogP contribution in [0.15, 0.2) is 54.6 Å². The van der Waals surface area contributed by atoms with Crippen LogP contribution in [0.3, 0.4) is 0 Å². The van der Waals surface area contributed by atoms with Crippen molar-refractivity contribution in [3.05, 3.63) is 71.3 Å². The minimum Gasteiger partial charge on any atom is -0.340 e. The summed E-state index contributed by atoms with van der Waals surface area (Å²) in [5.74, 6) is -0.292. The van der Waals surface area contributed by atoms with Crippen molar-refractivity contribution >= 4 is 15.9 Å². The monoisotopic (exact) mass is 429 g/mol. The Balaban J connectivity index is 1.54. The van der Waals surface area contributed by atoms with Gasteiger partial charge in [-0.3, -0.25) is 9.69 Å².